The highest BCUT2D eigenvalue weighted by Crippen LogP contribution is 2.16. The lowest BCUT2D eigenvalue weighted by molar-refractivity contribution is -0.138. The molecule has 1 saturated heterocycles. The van der Waals surface area contributed by atoms with E-state index in [4.69, 9.17) is 5.11 Å². The Hall–Kier alpha value is -2.12. The van der Waals surface area contributed by atoms with Crippen LogP contribution in [0, 0.1) is 5.92 Å². The number of imide groups is 1. The van der Waals surface area contributed by atoms with Crippen LogP contribution in [0.3, 0.4) is 0 Å². The molecule has 1 atom stereocenters. The minimum absolute atomic E-state index is 0.00493. The second kappa shape index (κ2) is 6.55. The number of carbonyl (C=O) groups is 4. The normalized spacial score (nSPS) is 18.3. The monoisotopic (exact) mass is 299 g/mol. The van der Waals surface area contributed by atoms with Gasteiger partial charge in [0.1, 0.15) is 5.54 Å². The van der Waals surface area contributed by atoms with E-state index >= 15 is 0 Å². The minimum Gasteiger partial charge on any atom is -0.481 e. The van der Waals surface area contributed by atoms with E-state index in [1.807, 2.05) is 0 Å². The predicted octanol–water partition coefficient (Wildman–Crippen LogP) is -0.0661. The Labute approximate surface area is 122 Å². The maximum Gasteiger partial charge on any atom is 0.325 e. The maximum atomic E-state index is 11.9. The lowest BCUT2D eigenvalue weighted by Gasteiger charge is -2.16. The van der Waals surface area contributed by atoms with Crippen LogP contribution in [-0.4, -0.2) is 52.4 Å². The van der Waals surface area contributed by atoms with Crippen molar-refractivity contribution in [2.24, 2.45) is 5.92 Å². The van der Waals surface area contributed by atoms with E-state index in [9.17, 15) is 19.2 Å². The SMILES string of the molecule is CC(CNC(=O)CCN1C(=O)NC(C)(C)C1=O)CC(=O)O. The van der Waals surface area contributed by atoms with Gasteiger partial charge in [-0.2, -0.15) is 0 Å². The van der Waals surface area contributed by atoms with E-state index in [1.54, 1.807) is 20.8 Å². The highest BCUT2D eigenvalue weighted by atomic mass is 16.4. The molecular formula is C13H21N3O5. The van der Waals surface area contributed by atoms with Crippen molar-refractivity contribution in [1.82, 2.24) is 15.5 Å². The van der Waals surface area contributed by atoms with Crippen molar-refractivity contribution in [1.29, 1.82) is 0 Å². The molecular weight excluding hydrogens is 278 g/mol. The minimum atomic E-state index is -0.941. The van der Waals surface area contributed by atoms with Gasteiger partial charge in [-0.25, -0.2) is 4.79 Å². The van der Waals surface area contributed by atoms with Crippen LogP contribution in [0.1, 0.15) is 33.6 Å². The summed E-state index contributed by atoms with van der Waals surface area (Å²) >= 11 is 0. The van der Waals surface area contributed by atoms with Gasteiger partial charge in [0.2, 0.25) is 5.91 Å². The first-order chi connectivity index (χ1) is 9.63. The van der Waals surface area contributed by atoms with Gasteiger partial charge in [-0.3, -0.25) is 19.3 Å². The van der Waals surface area contributed by atoms with Crippen LogP contribution in [0.15, 0.2) is 0 Å². The molecule has 0 aromatic carbocycles. The lowest BCUT2D eigenvalue weighted by Crippen LogP contribution is -2.40. The van der Waals surface area contributed by atoms with E-state index in [1.165, 1.54) is 0 Å². The Morgan fingerprint density at radius 3 is 2.48 bits per heavy atom. The van der Waals surface area contributed by atoms with Gasteiger partial charge >= 0.3 is 12.0 Å². The van der Waals surface area contributed by atoms with Crippen LogP contribution in [0.2, 0.25) is 0 Å². The van der Waals surface area contributed by atoms with Gasteiger partial charge in [0, 0.05) is 25.9 Å². The second-order valence-corrected chi connectivity index (χ2v) is 5.77. The number of aliphatic carboxylic acids is 1. The molecule has 0 spiro atoms. The van der Waals surface area contributed by atoms with Crippen LogP contribution < -0.4 is 10.6 Å². The number of nitrogens with zero attached hydrogens (tertiary/aromatic N) is 1. The number of nitrogens with one attached hydrogen (secondary N) is 2. The van der Waals surface area contributed by atoms with Crippen LogP contribution in [-0.2, 0) is 14.4 Å². The Bertz CT molecular complexity index is 461. The number of amides is 4. The molecule has 21 heavy (non-hydrogen) atoms. The third-order valence-electron chi connectivity index (χ3n) is 3.18. The summed E-state index contributed by atoms with van der Waals surface area (Å²) in [6.45, 7) is 5.17. The van der Waals surface area contributed by atoms with Crippen LogP contribution in [0.5, 0.6) is 0 Å². The zero-order valence-electron chi connectivity index (χ0n) is 12.4. The molecule has 1 unspecified atom stereocenters. The van der Waals surface area contributed by atoms with E-state index in [0.29, 0.717) is 0 Å². The van der Waals surface area contributed by atoms with Crippen LogP contribution in [0.4, 0.5) is 4.79 Å². The first-order valence-corrected chi connectivity index (χ1v) is 6.76. The number of carbonyl (C=O) groups excluding carboxylic acids is 3. The zero-order chi connectivity index (χ0) is 16.2. The maximum absolute atomic E-state index is 11.9. The van der Waals surface area contributed by atoms with Gasteiger partial charge < -0.3 is 15.7 Å². The average molecular weight is 299 g/mol. The molecule has 0 aliphatic carbocycles. The summed E-state index contributed by atoms with van der Waals surface area (Å²) in [5.74, 6) is -1.78. The van der Waals surface area contributed by atoms with Crippen molar-refractivity contribution >= 4 is 23.8 Å². The van der Waals surface area contributed by atoms with Crippen molar-refractivity contribution in [2.45, 2.75) is 39.2 Å². The second-order valence-electron chi connectivity index (χ2n) is 5.77. The number of carboxylic acid groups (broad SMARTS) is 1. The Balaban J connectivity index is 2.35. The third kappa shape index (κ3) is 4.73. The molecule has 4 amide bonds. The van der Waals surface area contributed by atoms with E-state index in [0.717, 1.165) is 4.90 Å². The number of carboxylic acids is 1. The largest absolute Gasteiger partial charge is 0.481 e. The quantitative estimate of drug-likeness (QED) is 0.569. The molecule has 0 radical (unpaired) electrons. The van der Waals surface area contributed by atoms with Gasteiger partial charge in [0.05, 0.1) is 0 Å². The highest BCUT2D eigenvalue weighted by molar-refractivity contribution is 6.06. The number of hydrogen-bond donors (Lipinski definition) is 3. The van der Waals surface area contributed by atoms with E-state index in [-0.39, 0.29) is 43.7 Å². The van der Waals surface area contributed by atoms with Crippen LogP contribution >= 0.6 is 0 Å². The van der Waals surface area contributed by atoms with E-state index in [2.05, 4.69) is 10.6 Å². The fourth-order valence-corrected chi connectivity index (χ4v) is 1.98. The average Bonchev–Trinajstić information content (AvgIpc) is 2.53. The lowest BCUT2D eigenvalue weighted by atomic mass is 10.1. The van der Waals surface area contributed by atoms with Gasteiger partial charge in [0.15, 0.2) is 0 Å². The molecule has 3 N–H and O–H groups in total. The van der Waals surface area contributed by atoms with Gasteiger partial charge in [-0.05, 0) is 19.8 Å². The molecule has 8 heteroatoms. The summed E-state index contributed by atoms with van der Waals surface area (Å²) in [6.07, 6.45) is -0.0312. The first kappa shape index (κ1) is 16.9. The molecule has 1 aliphatic heterocycles. The molecule has 8 nitrogen and oxygen atoms in total. The summed E-state index contributed by atoms with van der Waals surface area (Å²) in [6, 6.07) is -0.503. The van der Waals surface area contributed by atoms with Gasteiger partial charge in [-0.1, -0.05) is 6.92 Å². The summed E-state index contributed by atoms with van der Waals surface area (Å²) < 4.78 is 0. The number of rotatable bonds is 7. The smallest absolute Gasteiger partial charge is 0.325 e. The molecule has 1 aliphatic rings. The third-order valence-corrected chi connectivity index (χ3v) is 3.18. The fourth-order valence-electron chi connectivity index (χ4n) is 1.98. The highest BCUT2D eigenvalue weighted by Gasteiger charge is 2.43. The van der Waals surface area contributed by atoms with Crippen LogP contribution in [0.25, 0.3) is 0 Å². The van der Waals surface area contributed by atoms with Crippen molar-refractivity contribution in [2.75, 3.05) is 13.1 Å². The number of hydrogen-bond acceptors (Lipinski definition) is 4. The molecule has 0 aromatic heterocycles. The van der Waals surface area contributed by atoms with Gasteiger partial charge in [0.25, 0.3) is 5.91 Å². The summed E-state index contributed by atoms with van der Waals surface area (Å²) in [5.41, 5.74) is -0.941. The first-order valence-electron chi connectivity index (χ1n) is 6.76. The van der Waals surface area contributed by atoms with Gasteiger partial charge in [-0.15, -0.1) is 0 Å². The molecule has 118 valence electrons. The van der Waals surface area contributed by atoms with Crippen molar-refractivity contribution < 1.29 is 24.3 Å². The Morgan fingerprint density at radius 1 is 1.38 bits per heavy atom. The molecule has 1 fully saturated rings. The van der Waals surface area contributed by atoms with Crippen molar-refractivity contribution in [3.63, 3.8) is 0 Å². The summed E-state index contributed by atoms with van der Waals surface area (Å²) in [4.78, 5) is 46.6. The van der Waals surface area contributed by atoms with E-state index < -0.39 is 17.5 Å². The topological polar surface area (TPSA) is 116 Å². The Morgan fingerprint density at radius 2 is 2.00 bits per heavy atom. The fraction of sp³-hybridized carbons (Fsp3) is 0.692. The summed E-state index contributed by atoms with van der Waals surface area (Å²) in [7, 11) is 0. The molecule has 1 rings (SSSR count). The molecule has 0 bridgehead atoms. The zero-order valence-corrected chi connectivity index (χ0v) is 12.4. The van der Waals surface area contributed by atoms with Crippen molar-refractivity contribution in [3.8, 4) is 0 Å². The standard InChI is InChI=1S/C13H21N3O5/c1-8(6-10(18)19)7-14-9(17)4-5-16-11(20)13(2,3)15-12(16)21/h8H,4-7H2,1-3H3,(H,14,17)(H,15,21)(H,18,19). The number of urea groups is 1. The molecule has 0 aromatic rings. The summed E-state index contributed by atoms with van der Waals surface area (Å²) in [5, 5.41) is 13.7. The molecule has 0 saturated carbocycles. The Kier molecular flexibility index (Phi) is 5.28. The molecule has 1 heterocycles. The predicted molar refractivity (Wildman–Crippen MR) is 73.4 cm³/mol. The van der Waals surface area contributed by atoms with Crippen molar-refractivity contribution in [3.05, 3.63) is 0 Å².